The average Bonchev–Trinajstić information content (AvgIpc) is 2.83. The molecule has 1 fully saturated rings. The van der Waals surface area contributed by atoms with Crippen LogP contribution in [0.3, 0.4) is 0 Å². The Hall–Kier alpha value is -1.57. The molecule has 0 aliphatic carbocycles. The quantitative estimate of drug-likeness (QED) is 0.879. The van der Waals surface area contributed by atoms with Crippen LogP contribution < -0.4 is 10.6 Å². The molecule has 0 aromatic heterocycles. The van der Waals surface area contributed by atoms with Crippen molar-refractivity contribution in [1.29, 1.82) is 5.26 Å². The molecule has 2 atom stereocenters. The molecule has 1 aliphatic rings. The smallest absolute Gasteiger partial charge is 0.101 e. The number of hydrogen-bond acceptors (Lipinski definition) is 4. The van der Waals surface area contributed by atoms with Gasteiger partial charge in [-0.2, -0.15) is 5.26 Å². The van der Waals surface area contributed by atoms with Crippen LogP contribution in [0.25, 0.3) is 0 Å². The Morgan fingerprint density at radius 2 is 2.33 bits per heavy atom. The van der Waals surface area contributed by atoms with Crippen LogP contribution in [0.15, 0.2) is 18.2 Å². The zero-order valence-electron chi connectivity index (χ0n) is 10.9. The number of ether oxygens (including phenoxy) is 1. The first-order valence-corrected chi connectivity index (χ1v) is 6.25. The van der Waals surface area contributed by atoms with Gasteiger partial charge in [0.2, 0.25) is 0 Å². The number of benzene rings is 1. The maximum absolute atomic E-state index is 9.25. The second-order valence-electron chi connectivity index (χ2n) is 4.71. The van der Waals surface area contributed by atoms with Crippen molar-refractivity contribution in [2.75, 3.05) is 18.6 Å². The fourth-order valence-electron chi connectivity index (χ4n) is 2.51. The Balaban J connectivity index is 2.30. The van der Waals surface area contributed by atoms with Crippen molar-refractivity contribution in [2.45, 2.75) is 32.0 Å². The van der Waals surface area contributed by atoms with Gasteiger partial charge in [0, 0.05) is 20.2 Å². The predicted octanol–water partition coefficient (Wildman–Crippen LogP) is 1.63. The summed E-state index contributed by atoms with van der Waals surface area (Å²) in [5, 5.41) is 9.25. The minimum absolute atomic E-state index is 0.204. The van der Waals surface area contributed by atoms with Crippen molar-refractivity contribution >= 4 is 5.69 Å². The fourth-order valence-corrected chi connectivity index (χ4v) is 2.51. The Labute approximate surface area is 108 Å². The second-order valence-corrected chi connectivity index (χ2v) is 4.71. The number of nitrogens with two attached hydrogens (primary N) is 1. The molecule has 2 N–H and O–H groups in total. The first-order chi connectivity index (χ1) is 8.67. The third-order valence-corrected chi connectivity index (χ3v) is 3.63. The van der Waals surface area contributed by atoms with E-state index < -0.39 is 0 Å². The van der Waals surface area contributed by atoms with Gasteiger partial charge >= 0.3 is 0 Å². The first-order valence-electron chi connectivity index (χ1n) is 6.25. The first kappa shape index (κ1) is 12.9. The van der Waals surface area contributed by atoms with E-state index in [-0.39, 0.29) is 6.10 Å². The molecule has 4 nitrogen and oxygen atoms in total. The number of hydrogen-bond donors (Lipinski definition) is 1. The predicted molar refractivity (Wildman–Crippen MR) is 71.3 cm³/mol. The standard InChI is InChI=1S/C14H19N3O/c1-10-13(5-6-18-10)17(2)14-4-3-11(8-15)7-12(14)9-16/h3-4,7,10,13H,5-6,8,15H2,1-2H3. The molecule has 18 heavy (non-hydrogen) atoms. The highest BCUT2D eigenvalue weighted by Crippen LogP contribution is 2.27. The lowest BCUT2D eigenvalue weighted by atomic mass is 10.0. The van der Waals surface area contributed by atoms with Gasteiger partial charge in [0.1, 0.15) is 6.07 Å². The lowest BCUT2D eigenvalue weighted by Crippen LogP contribution is -2.37. The van der Waals surface area contributed by atoms with Crippen molar-refractivity contribution in [2.24, 2.45) is 5.73 Å². The van der Waals surface area contributed by atoms with Crippen LogP contribution in [0.5, 0.6) is 0 Å². The van der Waals surface area contributed by atoms with Gasteiger partial charge in [0.05, 0.1) is 23.4 Å². The van der Waals surface area contributed by atoms with E-state index in [4.69, 9.17) is 10.5 Å². The van der Waals surface area contributed by atoms with E-state index in [2.05, 4.69) is 17.9 Å². The monoisotopic (exact) mass is 245 g/mol. The largest absolute Gasteiger partial charge is 0.376 e. The Morgan fingerprint density at radius 1 is 1.56 bits per heavy atom. The van der Waals surface area contributed by atoms with Crippen LogP contribution in [0, 0.1) is 11.3 Å². The Kier molecular flexibility index (Phi) is 3.85. The zero-order chi connectivity index (χ0) is 13.1. The molecule has 0 spiro atoms. The Bertz CT molecular complexity index is 467. The SMILES string of the molecule is CC1OCCC1N(C)c1ccc(CN)cc1C#N. The Morgan fingerprint density at radius 3 is 2.89 bits per heavy atom. The molecule has 0 bridgehead atoms. The van der Waals surface area contributed by atoms with Crippen molar-refractivity contribution in [3.8, 4) is 6.07 Å². The normalized spacial score (nSPS) is 22.8. The summed E-state index contributed by atoms with van der Waals surface area (Å²) >= 11 is 0. The molecule has 1 aliphatic heterocycles. The molecule has 2 rings (SSSR count). The molecular weight excluding hydrogens is 226 g/mol. The summed E-state index contributed by atoms with van der Waals surface area (Å²) in [6.45, 7) is 3.33. The molecule has 0 radical (unpaired) electrons. The maximum Gasteiger partial charge on any atom is 0.101 e. The van der Waals surface area contributed by atoms with Gasteiger partial charge in [0.25, 0.3) is 0 Å². The van der Waals surface area contributed by atoms with Crippen molar-refractivity contribution in [3.05, 3.63) is 29.3 Å². The van der Waals surface area contributed by atoms with E-state index in [9.17, 15) is 5.26 Å². The number of nitriles is 1. The molecule has 1 saturated heterocycles. The van der Waals surface area contributed by atoms with Crippen LogP contribution in [0.4, 0.5) is 5.69 Å². The van der Waals surface area contributed by atoms with Crippen molar-refractivity contribution < 1.29 is 4.74 Å². The van der Waals surface area contributed by atoms with Gasteiger partial charge in [-0.3, -0.25) is 0 Å². The summed E-state index contributed by atoms with van der Waals surface area (Å²) in [6, 6.07) is 8.41. The highest BCUT2D eigenvalue weighted by atomic mass is 16.5. The van der Waals surface area contributed by atoms with Crippen LogP contribution in [0.1, 0.15) is 24.5 Å². The summed E-state index contributed by atoms with van der Waals surface area (Å²) in [5.41, 5.74) is 8.22. The van der Waals surface area contributed by atoms with Crippen molar-refractivity contribution in [3.63, 3.8) is 0 Å². The summed E-state index contributed by atoms with van der Waals surface area (Å²) < 4.78 is 5.58. The second kappa shape index (κ2) is 5.38. The van der Waals surface area contributed by atoms with Gasteiger partial charge in [-0.05, 0) is 31.0 Å². The van der Waals surface area contributed by atoms with E-state index in [1.54, 1.807) is 0 Å². The van der Waals surface area contributed by atoms with E-state index in [0.717, 1.165) is 24.3 Å². The third-order valence-electron chi connectivity index (χ3n) is 3.63. The van der Waals surface area contributed by atoms with Crippen LogP contribution in [-0.2, 0) is 11.3 Å². The van der Waals surface area contributed by atoms with Crippen molar-refractivity contribution in [1.82, 2.24) is 0 Å². The summed E-state index contributed by atoms with van der Waals surface area (Å²) in [4.78, 5) is 2.15. The number of anilines is 1. The van der Waals surface area contributed by atoms with Crippen LogP contribution in [-0.4, -0.2) is 25.8 Å². The summed E-state index contributed by atoms with van der Waals surface area (Å²) in [7, 11) is 2.02. The average molecular weight is 245 g/mol. The molecule has 4 heteroatoms. The minimum Gasteiger partial charge on any atom is -0.376 e. The molecule has 0 amide bonds. The highest BCUT2D eigenvalue weighted by molar-refractivity contribution is 5.60. The maximum atomic E-state index is 9.25. The van der Waals surface area contributed by atoms with E-state index in [0.29, 0.717) is 18.2 Å². The van der Waals surface area contributed by atoms with Gasteiger partial charge in [-0.15, -0.1) is 0 Å². The highest BCUT2D eigenvalue weighted by Gasteiger charge is 2.29. The molecule has 96 valence electrons. The number of rotatable bonds is 3. The van der Waals surface area contributed by atoms with Gasteiger partial charge < -0.3 is 15.4 Å². The number of nitrogens with zero attached hydrogens (tertiary/aromatic N) is 2. The molecule has 1 heterocycles. The number of likely N-dealkylation sites (N-methyl/N-ethyl adjacent to an activating group) is 1. The summed E-state index contributed by atoms with van der Waals surface area (Å²) in [5.74, 6) is 0. The van der Waals surface area contributed by atoms with E-state index >= 15 is 0 Å². The van der Waals surface area contributed by atoms with Gasteiger partial charge in [0.15, 0.2) is 0 Å². The molecular formula is C14H19N3O. The molecule has 2 unspecified atom stereocenters. The van der Waals surface area contributed by atoms with Gasteiger partial charge in [-0.1, -0.05) is 6.07 Å². The molecule has 0 saturated carbocycles. The van der Waals surface area contributed by atoms with Crippen LogP contribution >= 0.6 is 0 Å². The zero-order valence-corrected chi connectivity index (χ0v) is 10.9. The van der Waals surface area contributed by atoms with Gasteiger partial charge in [-0.25, -0.2) is 0 Å². The summed E-state index contributed by atoms with van der Waals surface area (Å²) in [6.07, 6.45) is 1.21. The lowest BCUT2D eigenvalue weighted by Gasteiger charge is -2.29. The fraction of sp³-hybridized carbons (Fsp3) is 0.500. The molecule has 1 aromatic rings. The van der Waals surface area contributed by atoms with E-state index in [1.807, 2.05) is 25.2 Å². The lowest BCUT2D eigenvalue weighted by molar-refractivity contribution is 0.118. The minimum atomic E-state index is 0.204. The van der Waals surface area contributed by atoms with Crippen LogP contribution in [0.2, 0.25) is 0 Å². The third kappa shape index (κ3) is 2.33. The van der Waals surface area contributed by atoms with E-state index in [1.165, 1.54) is 0 Å². The topological polar surface area (TPSA) is 62.3 Å². The molecule has 1 aromatic carbocycles.